The van der Waals surface area contributed by atoms with Crippen molar-refractivity contribution in [2.24, 2.45) is 0 Å². The van der Waals surface area contributed by atoms with Crippen LogP contribution in [-0.2, 0) is 23.8 Å². The first-order valence-corrected chi connectivity index (χ1v) is 32.1. The predicted octanol–water partition coefficient (Wildman–Crippen LogP) is 15.3. The van der Waals surface area contributed by atoms with Gasteiger partial charge in [0.15, 0.2) is 12.4 Å². The molecule has 0 aromatic carbocycles. The lowest BCUT2D eigenvalue weighted by Crippen LogP contribution is -2.61. The molecule has 0 aromatic rings. The zero-order chi connectivity index (χ0) is 54.7. The number of nitrogens with one attached hydrogen (secondary N) is 1. The van der Waals surface area contributed by atoms with Crippen molar-refractivity contribution >= 4 is 11.9 Å². The van der Waals surface area contributed by atoms with Crippen molar-refractivity contribution in [1.82, 2.24) is 5.32 Å². The minimum Gasteiger partial charge on any atom is -0.454 e. The maximum absolute atomic E-state index is 13.4. The van der Waals surface area contributed by atoms with E-state index in [9.17, 15) is 35.1 Å². The number of unbranched alkanes of at least 4 members (excludes halogenated alkanes) is 39. The van der Waals surface area contributed by atoms with Gasteiger partial charge in [0.05, 0.1) is 25.4 Å². The number of hydrogen-bond donors (Lipinski definition) is 6. The quantitative estimate of drug-likeness (QED) is 0.0195. The van der Waals surface area contributed by atoms with E-state index in [4.69, 9.17) is 14.2 Å². The normalized spacial score (nSPS) is 19.3. The van der Waals surface area contributed by atoms with Gasteiger partial charge < -0.3 is 45.1 Å². The average molecular weight is 1060 g/mol. The maximum Gasteiger partial charge on any atom is 0.306 e. The van der Waals surface area contributed by atoms with Gasteiger partial charge in [-0.3, -0.25) is 9.59 Å². The van der Waals surface area contributed by atoms with Crippen LogP contribution in [-0.4, -0.2) is 99.6 Å². The zero-order valence-corrected chi connectivity index (χ0v) is 48.9. The summed E-state index contributed by atoms with van der Waals surface area (Å²) < 4.78 is 17.6. The van der Waals surface area contributed by atoms with Crippen LogP contribution >= 0.6 is 0 Å². The van der Waals surface area contributed by atoms with E-state index in [0.29, 0.717) is 19.3 Å². The molecular formula is C64H121NO10. The number of hydrogen-bond acceptors (Lipinski definition) is 10. The molecule has 442 valence electrons. The summed E-state index contributed by atoms with van der Waals surface area (Å²) >= 11 is 0. The van der Waals surface area contributed by atoms with Gasteiger partial charge in [0, 0.05) is 6.42 Å². The molecular weight excluding hydrogens is 943 g/mol. The molecule has 11 nitrogen and oxygen atoms in total. The molecule has 1 saturated heterocycles. The molecule has 1 fully saturated rings. The van der Waals surface area contributed by atoms with Crippen LogP contribution in [0.5, 0.6) is 0 Å². The molecule has 8 unspecified atom stereocenters. The first-order chi connectivity index (χ1) is 36.7. The lowest BCUT2D eigenvalue weighted by Gasteiger charge is -2.41. The van der Waals surface area contributed by atoms with Gasteiger partial charge in [0.1, 0.15) is 24.4 Å². The van der Waals surface area contributed by atoms with Crippen LogP contribution in [0.1, 0.15) is 310 Å². The summed E-state index contributed by atoms with van der Waals surface area (Å²) in [5, 5.41) is 57.0. The smallest absolute Gasteiger partial charge is 0.306 e. The standard InChI is InChI=1S/C64H121NO10/c1-4-7-10-13-16-19-22-25-26-27-28-29-30-31-32-34-37-40-43-46-49-52-59(69)75-62-61(71)60(70)58(53-66)74-64(62)73-54-55(56(67)50-47-44-41-38-36-33-23-20-17-14-11-8-5-2)65-63(72)57(68)51-48-45-42-39-35-24-21-18-15-12-9-6-3/h25-26,47,50,55-58,60-62,64,66-68,70-71H,4-24,27-46,48-49,51-54H2,1-3H3,(H,65,72)/b26-25+,50-47+. The molecule has 0 bridgehead atoms. The molecule has 1 rings (SSSR count). The van der Waals surface area contributed by atoms with Gasteiger partial charge in [0.2, 0.25) is 5.91 Å². The van der Waals surface area contributed by atoms with Gasteiger partial charge in [-0.15, -0.1) is 0 Å². The highest BCUT2D eigenvalue weighted by molar-refractivity contribution is 5.80. The number of aliphatic hydroxyl groups excluding tert-OH is 5. The van der Waals surface area contributed by atoms with Gasteiger partial charge in [-0.05, 0) is 51.4 Å². The zero-order valence-electron chi connectivity index (χ0n) is 48.9. The molecule has 0 saturated carbocycles. The molecule has 0 aliphatic carbocycles. The Labute approximate surface area is 461 Å². The summed E-state index contributed by atoms with van der Waals surface area (Å²) in [6.45, 7) is 5.81. The molecule has 1 aliphatic rings. The summed E-state index contributed by atoms with van der Waals surface area (Å²) in [6, 6.07) is -1.02. The maximum atomic E-state index is 13.4. The number of carbonyl (C=O) groups excluding carboxylic acids is 2. The van der Waals surface area contributed by atoms with E-state index in [-0.39, 0.29) is 13.0 Å². The van der Waals surface area contributed by atoms with E-state index in [1.165, 1.54) is 205 Å². The minimum atomic E-state index is -1.61. The highest BCUT2D eigenvalue weighted by atomic mass is 16.7. The second-order valence-corrected chi connectivity index (χ2v) is 22.5. The molecule has 1 aliphatic heterocycles. The fourth-order valence-electron chi connectivity index (χ4n) is 10.2. The number of ether oxygens (including phenoxy) is 3. The Bertz CT molecular complexity index is 1310. The Hall–Kier alpha value is -1.86. The minimum absolute atomic E-state index is 0.127. The van der Waals surface area contributed by atoms with Gasteiger partial charge in [-0.1, -0.05) is 276 Å². The second-order valence-electron chi connectivity index (χ2n) is 22.5. The van der Waals surface area contributed by atoms with Crippen molar-refractivity contribution in [3.8, 4) is 0 Å². The van der Waals surface area contributed by atoms with Crippen molar-refractivity contribution in [2.45, 2.75) is 359 Å². The molecule has 1 amide bonds. The molecule has 1 heterocycles. The Morgan fingerprint density at radius 3 is 1.29 bits per heavy atom. The van der Waals surface area contributed by atoms with E-state index in [1.54, 1.807) is 6.08 Å². The predicted molar refractivity (Wildman–Crippen MR) is 311 cm³/mol. The molecule has 11 heteroatoms. The van der Waals surface area contributed by atoms with Crippen molar-refractivity contribution in [3.63, 3.8) is 0 Å². The van der Waals surface area contributed by atoms with E-state index < -0.39 is 67.4 Å². The van der Waals surface area contributed by atoms with Gasteiger partial charge >= 0.3 is 5.97 Å². The first kappa shape index (κ1) is 71.2. The second kappa shape index (κ2) is 52.8. The summed E-state index contributed by atoms with van der Waals surface area (Å²) in [5.41, 5.74) is 0. The Balaban J connectivity index is 2.63. The Morgan fingerprint density at radius 1 is 0.507 bits per heavy atom. The third-order valence-corrected chi connectivity index (χ3v) is 15.4. The van der Waals surface area contributed by atoms with Crippen LogP contribution in [0.15, 0.2) is 24.3 Å². The SMILES string of the molecule is CCCCCCCC/C=C/CCCCCCCCCCCCCC(=O)OC1C(OCC(NC(=O)C(O)CCCCCCCCCCCCCC)C(O)/C=C/CCCCCCCCCCCCC)OC(CO)C(O)C1O. The fraction of sp³-hybridized carbons (Fsp3) is 0.906. The highest BCUT2D eigenvalue weighted by Gasteiger charge is 2.47. The number of carbonyl (C=O) groups is 2. The van der Waals surface area contributed by atoms with Gasteiger partial charge in [-0.25, -0.2) is 0 Å². The Kier molecular flexibility index (Phi) is 50.1. The topological polar surface area (TPSA) is 175 Å². The number of esters is 1. The largest absolute Gasteiger partial charge is 0.454 e. The molecule has 0 spiro atoms. The van der Waals surface area contributed by atoms with Crippen molar-refractivity contribution in [3.05, 3.63) is 24.3 Å². The van der Waals surface area contributed by atoms with Gasteiger partial charge in [0.25, 0.3) is 0 Å². The number of allylic oxidation sites excluding steroid dienone is 3. The highest BCUT2D eigenvalue weighted by Crippen LogP contribution is 2.26. The third kappa shape index (κ3) is 40.9. The first-order valence-electron chi connectivity index (χ1n) is 32.1. The van der Waals surface area contributed by atoms with Crippen LogP contribution in [0.4, 0.5) is 0 Å². The number of amides is 1. The summed E-state index contributed by atoms with van der Waals surface area (Å²) in [6.07, 6.45) is 50.7. The lowest BCUT2D eigenvalue weighted by atomic mass is 9.99. The van der Waals surface area contributed by atoms with E-state index in [0.717, 1.165) is 57.8 Å². The lowest BCUT2D eigenvalue weighted by molar-refractivity contribution is -0.305. The van der Waals surface area contributed by atoms with E-state index in [2.05, 4.69) is 38.2 Å². The molecule has 0 aromatic heterocycles. The fourth-order valence-corrected chi connectivity index (χ4v) is 10.2. The van der Waals surface area contributed by atoms with Crippen LogP contribution in [0.25, 0.3) is 0 Å². The number of rotatable bonds is 55. The monoisotopic (exact) mass is 1060 g/mol. The van der Waals surface area contributed by atoms with Crippen LogP contribution in [0.2, 0.25) is 0 Å². The average Bonchev–Trinajstić information content (AvgIpc) is 3.41. The summed E-state index contributed by atoms with van der Waals surface area (Å²) in [4.78, 5) is 26.5. The number of aliphatic hydroxyl groups is 5. The van der Waals surface area contributed by atoms with Crippen molar-refractivity contribution in [2.75, 3.05) is 13.2 Å². The van der Waals surface area contributed by atoms with Crippen molar-refractivity contribution < 1.29 is 49.3 Å². The van der Waals surface area contributed by atoms with E-state index >= 15 is 0 Å². The van der Waals surface area contributed by atoms with Crippen molar-refractivity contribution in [1.29, 1.82) is 0 Å². The van der Waals surface area contributed by atoms with Crippen LogP contribution in [0.3, 0.4) is 0 Å². The summed E-state index contributed by atoms with van der Waals surface area (Å²) in [5.74, 6) is -1.18. The molecule has 75 heavy (non-hydrogen) atoms. The van der Waals surface area contributed by atoms with Gasteiger partial charge in [-0.2, -0.15) is 0 Å². The molecule has 0 radical (unpaired) electrons. The third-order valence-electron chi connectivity index (χ3n) is 15.4. The summed E-state index contributed by atoms with van der Waals surface area (Å²) in [7, 11) is 0. The molecule has 6 N–H and O–H groups in total. The van der Waals surface area contributed by atoms with Crippen LogP contribution in [0, 0.1) is 0 Å². The van der Waals surface area contributed by atoms with Crippen LogP contribution < -0.4 is 5.32 Å². The van der Waals surface area contributed by atoms with E-state index in [1.807, 2.05) is 6.08 Å². The Morgan fingerprint density at radius 2 is 0.880 bits per heavy atom. The molecule has 8 atom stereocenters.